The molecule has 0 bridgehead atoms. The first-order valence-electron chi connectivity index (χ1n) is 17.3. The topological polar surface area (TPSA) is 104 Å². The summed E-state index contributed by atoms with van der Waals surface area (Å²) >= 11 is 0. The zero-order valence-corrected chi connectivity index (χ0v) is 29.3. The molecule has 0 spiro atoms. The Morgan fingerprint density at radius 2 is 1.40 bits per heavy atom. The molecule has 0 saturated carbocycles. The number of anilines is 2. The van der Waals surface area contributed by atoms with Crippen molar-refractivity contribution in [2.45, 2.75) is 45.4 Å². The Bertz CT molecular complexity index is 2260. The van der Waals surface area contributed by atoms with E-state index < -0.39 is 11.7 Å². The van der Waals surface area contributed by atoms with Crippen molar-refractivity contribution in [1.29, 1.82) is 0 Å². The van der Waals surface area contributed by atoms with E-state index in [9.17, 15) is 19.5 Å². The summed E-state index contributed by atoms with van der Waals surface area (Å²) in [5.41, 5.74) is 5.08. The number of amides is 3. The molecular formula is C43H40N4O5. The van der Waals surface area contributed by atoms with Crippen molar-refractivity contribution in [1.82, 2.24) is 14.8 Å². The molecule has 9 heteroatoms. The number of alkyl carbamates (subject to hydrolysis) is 1. The molecular weight excluding hydrogens is 652 g/mol. The lowest BCUT2D eigenvalue weighted by atomic mass is 9.93. The predicted molar refractivity (Wildman–Crippen MR) is 202 cm³/mol. The molecule has 1 atom stereocenters. The molecule has 6 aromatic rings. The lowest BCUT2D eigenvalue weighted by Gasteiger charge is -2.37. The average molecular weight is 693 g/mol. The van der Waals surface area contributed by atoms with E-state index in [0.29, 0.717) is 41.2 Å². The van der Waals surface area contributed by atoms with E-state index in [4.69, 9.17) is 4.74 Å². The number of rotatable bonds is 7. The van der Waals surface area contributed by atoms with Crippen LogP contribution in [0.5, 0.6) is 5.75 Å². The molecule has 52 heavy (non-hydrogen) atoms. The highest BCUT2D eigenvalue weighted by molar-refractivity contribution is 6.17. The van der Waals surface area contributed by atoms with Gasteiger partial charge in [0.2, 0.25) is 0 Å². The van der Waals surface area contributed by atoms with E-state index in [1.807, 2.05) is 121 Å². The maximum Gasteiger partial charge on any atom is 0.407 e. The normalized spacial score (nSPS) is 14.1. The summed E-state index contributed by atoms with van der Waals surface area (Å²) in [5, 5.41) is 13.6. The number of phenols is 1. The summed E-state index contributed by atoms with van der Waals surface area (Å²) in [4.78, 5) is 45.5. The fourth-order valence-corrected chi connectivity index (χ4v) is 6.77. The summed E-state index contributed by atoms with van der Waals surface area (Å²) in [5.74, 6) is -0.361. The fourth-order valence-electron chi connectivity index (χ4n) is 6.77. The molecule has 0 unspecified atom stereocenters. The van der Waals surface area contributed by atoms with E-state index >= 15 is 0 Å². The summed E-state index contributed by atoms with van der Waals surface area (Å²) in [7, 11) is 0. The van der Waals surface area contributed by atoms with Crippen molar-refractivity contribution in [3.63, 3.8) is 0 Å². The molecule has 262 valence electrons. The Balaban J connectivity index is 1.28. The Kier molecular flexibility index (Phi) is 9.26. The first-order chi connectivity index (χ1) is 25.1. The summed E-state index contributed by atoms with van der Waals surface area (Å²) in [6, 6.07) is 38.6. The van der Waals surface area contributed by atoms with Crippen LogP contribution in [-0.2, 0) is 17.7 Å². The van der Waals surface area contributed by atoms with Gasteiger partial charge in [-0.1, -0.05) is 72.8 Å². The van der Waals surface area contributed by atoms with Crippen molar-refractivity contribution in [3.05, 3.63) is 156 Å². The largest absolute Gasteiger partial charge is 0.508 e. The Labute approximate surface area is 302 Å². The van der Waals surface area contributed by atoms with Crippen molar-refractivity contribution < 1.29 is 24.2 Å². The predicted octanol–water partition coefficient (Wildman–Crippen LogP) is 8.41. The molecule has 1 aliphatic rings. The number of nitrogens with one attached hydrogen (secondary N) is 1. The van der Waals surface area contributed by atoms with Crippen LogP contribution in [0.3, 0.4) is 0 Å². The molecule has 1 aliphatic heterocycles. The number of fused-ring (bicyclic) bond motifs is 2. The van der Waals surface area contributed by atoms with E-state index in [1.165, 1.54) is 0 Å². The number of aromatic hydroxyl groups is 1. The highest BCUT2D eigenvalue weighted by atomic mass is 16.6. The number of hydrogen-bond donors (Lipinski definition) is 2. The summed E-state index contributed by atoms with van der Waals surface area (Å²) < 4.78 is 7.40. The van der Waals surface area contributed by atoms with Gasteiger partial charge in [-0.3, -0.25) is 14.5 Å². The maximum absolute atomic E-state index is 14.7. The molecule has 0 radical (unpaired) electrons. The second-order valence-corrected chi connectivity index (χ2v) is 13.9. The smallest absolute Gasteiger partial charge is 0.407 e. The van der Waals surface area contributed by atoms with Crippen molar-refractivity contribution in [2.75, 3.05) is 11.4 Å². The van der Waals surface area contributed by atoms with Crippen molar-refractivity contribution in [3.8, 4) is 11.4 Å². The Morgan fingerprint density at radius 3 is 2.15 bits per heavy atom. The van der Waals surface area contributed by atoms with E-state index in [2.05, 4.69) is 11.4 Å². The van der Waals surface area contributed by atoms with E-state index in [0.717, 1.165) is 22.0 Å². The van der Waals surface area contributed by atoms with Gasteiger partial charge in [-0.15, -0.1) is 0 Å². The number of carbonyl (C=O) groups is 3. The van der Waals surface area contributed by atoms with Gasteiger partial charge in [-0.25, -0.2) is 4.79 Å². The van der Waals surface area contributed by atoms with Crippen LogP contribution in [-0.4, -0.2) is 50.7 Å². The molecule has 0 aliphatic carbocycles. The highest BCUT2D eigenvalue weighted by Gasteiger charge is 2.33. The second kappa shape index (κ2) is 14.1. The number of nitrogens with zero attached hydrogens (tertiary/aromatic N) is 3. The number of aromatic nitrogens is 1. The SMILES string of the molecule is CC(C)(C)OC(=O)NC[C@@H]1Cc2ccccc2CN1C(=O)c1ccccc1-n1cc(C(=O)N(c2ccccc2)c2ccc(O)cc2)c2ccccc21. The van der Waals surface area contributed by atoms with Gasteiger partial charge in [0.15, 0.2) is 0 Å². The third kappa shape index (κ3) is 6.98. The van der Waals surface area contributed by atoms with Gasteiger partial charge in [-0.05, 0) is 92.9 Å². The summed E-state index contributed by atoms with van der Waals surface area (Å²) in [6.45, 7) is 6.03. The third-order valence-electron chi connectivity index (χ3n) is 9.16. The highest BCUT2D eigenvalue weighted by Crippen LogP contribution is 2.34. The maximum atomic E-state index is 14.7. The van der Waals surface area contributed by atoms with Gasteiger partial charge in [0.1, 0.15) is 11.4 Å². The Hall–Kier alpha value is -6.35. The van der Waals surface area contributed by atoms with Gasteiger partial charge >= 0.3 is 6.09 Å². The van der Waals surface area contributed by atoms with Crippen LogP contribution < -0.4 is 10.2 Å². The second-order valence-electron chi connectivity index (χ2n) is 13.9. The Morgan fingerprint density at radius 1 is 0.769 bits per heavy atom. The van der Waals surface area contributed by atoms with Crippen LogP contribution in [0.15, 0.2) is 134 Å². The van der Waals surface area contributed by atoms with Gasteiger partial charge in [0.25, 0.3) is 11.8 Å². The molecule has 2 N–H and O–H groups in total. The number of phenolic OH excluding ortho intramolecular Hbond substituents is 1. The first-order valence-corrected chi connectivity index (χ1v) is 17.3. The lowest BCUT2D eigenvalue weighted by Crippen LogP contribution is -2.50. The van der Waals surface area contributed by atoms with Crippen LogP contribution in [0, 0.1) is 0 Å². The van der Waals surface area contributed by atoms with Gasteiger partial charge in [0.05, 0.1) is 28.4 Å². The first kappa shape index (κ1) is 34.1. The fraction of sp³-hybridized carbons (Fsp3) is 0.186. The standard InChI is InChI=1S/C43H40N4O5/c1-43(2,3)52-42(51)44-26-33-25-29-13-7-8-14-30(29)27-45(33)40(49)36-18-10-12-20-39(36)46-28-37(35-17-9-11-19-38(35)46)41(50)47(31-15-5-4-6-16-31)32-21-23-34(48)24-22-32/h4-24,28,33,48H,25-27H2,1-3H3,(H,44,51)/t33-/m0/s1. The molecule has 2 heterocycles. The minimum atomic E-state index is -0.653. The zero-order chi connectivity index (χ0) is 36.4. The van der Waals surface area contributed by atoms with E-state index in [1.54, 1.807) is 41.4 Å². The molecule has 0 saturated heterocycles. The van der Waals surface area contributed by atoms with Gasteiger partial charge in [0, 0.05) is 36.0 Å². The molecule has 7 rings (SSSR count). The minimum absolute atomic E-state index is 0.0992. The number of benzene rings is 5. The molecule has 0 fully saturated rings. The number of para-hydroxylation sites is 3. The van der Waals surface area contributed by atoms with Crippen LogP contribution in [0.25, 0.3) is 16.6 Å². The van der Waals surface area contributed by atoms with E-state index in [-0.39, 0.29) is 30.2 Å². The number of ether oxygens (including phenoxy) is 1. The molecule has 1 aromatic heterocycles. The van der Waals surface area contributed by atoms with Gasteiger partial charge < -0.3 is 24.6 Å². The quantitative estimate of drug-likeness (QED) is 0.175. The molecule has 3 amide bonds. The van der Waals surface area contributed by atoms with Crippen molar-refractivity contribution in [2.24, 2.45) is 0 Å². The van der Waals surface area contributed by atoms with Crippen molar-refractivity contribution >= 4 is 40.2 Å². The summed E-state index contributed by atoms with van der Waals surface area (Å²) in [6.07, 6.45) is 1.83. The molecule has 5 aromatic carbocycles. The van der Waals surface area contributed by atoms with Crippen LogP contribution in [0.2, 0.25) is 0 Å². The lowest BCUT2D eigenvalue weighted by molar-refractivity contribution is 0.0474. The number of hydrogen-bond acceptors (Lipinski definition) is 5. The van der Waals surface area contributed by atoms with Crippen LogP contribution in [0.1, 0.15) is 52.6 Å². The minimum Gasteiger partial charge on any atom is -0.508 e. The number of carbonyl (C=O) groups excluding carboxylic acids is 3. The average Bonchev–Trinajstić information content (AvgIpc) is 3.53. The van der Waals surface area contributed by atoms with Crippen LogP contribution >= 0.6 is 0 Å². The monoisotopic (exact) mass is 692 g/mol. The molecule has 9 nitrogen and oxygen atoms in total. The third-order valence-corrected chi connectivity index (χ3v) is 9.16. The van der Waals surface area contributed by atoms with Gasteiger partial charge in [-0.2, -0.15) is 0 Å². The van der Waals surface area contributed by atoms with Crippen LogP contribution in [0.4, 0.5) is 16.2 Å². The zero-order valence-electron chi connectivity index (χ0n) is 29.3.